The zero-order valence-electron chi connectivity index (χ0n) is 33.4. The second kappa shape index (κ2) is 39.9. The number of carbonyl (C=O) groups is 3. The Morgan fingerprint density at radius 1 is 0.380 bits per heavy atom. The van der Waals surface area contributed by atoms with Crippen molar-refractivity contribution in [2.75, 3.05) is 13.2 Å². The molecule has 0 heterocycles. The molecule has 0 saturated heterocycles. The predicted molar refractivity (Wildman–Crippen MR) is 210 cm³/mol. The largest absolute Gasteiger partial charge is 0.462 e. The first-order valence-electron chi connectivity index (χ1n) is 21.7. The van der Waals surface area contributed by atoms with Crippen molar-refractivity contribution < 1.29 is 28.6 Å². The molecule has 0 N–H and O–H groups in total. The van der Waals surface area contributed by atoms with Crippen LogP contribution in [0.15, 0.2) is 12.2 Å². The minimum atomic E-state index is -0.763. The lowest BCUT2D eigenvalue weighted by Gasteiger charge is -2.18. The number of unbranched alkanes of at least 4 members (excludes halogenated alkanes) is 26. The van der Waals surface area contributed by atoms with Gasteiger partial charge >= 0.3 is 17.9 Å². The van der Waals surface area contributed by atoms with E-state index in [1.165, 1.54) is 122 Å². The van der Waals surface area contributed by atoms with Crippen LogP contribution < -0.4 is 0 Å². The van der Waals surface area contributed by atoms with Crippen LogP contribution >= 0.6 is 0 Å². The van der Waals surface area contributed by atoms with Gasteiger partial charge in [0, 0.05) is 19.3 Å². The quantitative estimate of drug-likeness (QED) is 0.0274. The highest BCUT2D eigenvalue weighted by atomic mass is 16.6. The van der Waals surface area contributed by atoms with Crippen molar-refractivity contribution in [3.63, 3.8) is 0 Å². The molecule has 0 aliphatic rings. The Balaban J connectivity index is 4.35. The van der Waals surface area contributed by atoms with Crippen molar-refractivity contribution in [3.05, 3.63) is 12.2 Å². The molecule has 0 aromatic rings. The first kappa shape index (κ1) is 48.1. The van der Waals surface area contributed by atoms with E-state index in [9.17, 15) is 14.4 Å². The van der Waals surface area contributed by atoms with Crippen LogP contribution in [0.3, 0.4) is 0 Å². The molecule has 50 heavy (non-hydrogen) atoms. The van der Waals surface area contributed by atoms with Crippen molar-refractivity contribution in [1.82, 2.24) is 0 Å². The van der Waals surface area contributed by atoms with Gasteiger partial charge < -0.3 is 14.2 Å². The van der Waals surface area contributed by atoms with Crippen molar-refractivity contribution in [2.24, 2.45) is 0 Å². The third kappa shape index (κ3) is 37.4. The van der Waals surface area contributed by atoms with E-state index >= 15 is 0 Å². The number of carbonyl (C=O) groups excluding carboxylic acids is 3. The molecule has 0 aliphatic carbocycles. The lowest BCUT2D eigenvalue weighted by Crippen LogP contribution is -2.30. The van der Waals surface area contributed by atoms with Gasteiger partial charge in [-0.25, -0.2) is 0 Å². The molecular formula is C44H82O6. The summed E-state index contributed by atoms with van der Waals surface area (Å²) >= 11 is 0. The maximum atomic E-state index is 12.7. The number of hydrogen-bond acceptors (Lipinski definition) is 6. The minimum Gasteiger partial charge on any atom is -0.462 e. The highest BCUT2D eigenvalue weighted by Gasteiger charge is 2.19. The van der Waals surface area contributed by atoms with Gasteiger partial charge in [0.05, 0.1) is 0 Å². The summed E-state index contributed by atoms with van der Waals surface area (Å²) in [5.74, 6) is -0.876. The van der Waals surface area contributed by atoms with Gasteiger partial charge in [-0.2, -0.15) is 0 Å². The Morgan fingerprint density at radius 3 is 1.08 bits per heavy atom. The fourth-order valence-electron chi connectivity index (χ4n) is 6.21. The van der Waals surface area contributed by atoms with Crippen molar-refractivity contribution in [3.8, 4) is 0 Å². The van der Waals surface area contributed by atoms with Gasteiger partial charge in [-0.1, -0.05) is 187 Å². The van der Waals surface area contributed by atoms with E-state index < -0.39 is 6.10 Å². The Hall–Kier alpha value is -1.85. The average molecular weight is 707 g/mol. The van der Waals surface area contributed by atoms with Crippen LogP contribution in [0.2, 0.25) is 0 Å². The second-order valence-corrected chi connectivity index (χ2v) is 14.6. The van der Waals surface area contributed by atoms with E-state index in [-0.39, 0.29) is 31.1 Å². The first-order chi connectivity index (χ1) is 24.5. The summed E-state index contributed by atoms with van der Waals surface area (Å²) in [6, 6.07) is 0. The number of hydrogen-bond donors (Lipinski definition) is 0. The monoisotopic (exact) mass is 707 g/mol. The van der Waals surface area contributed by atoms with E-state index in [1.54, 1.807) is 0 Å². The molecule has 0 aromatic heterocycles. The van der Waals surface area contributed by atoms with Gasteiger partial charge in [0.1, 0.15) is 13.2 Å². The van der Waals surface area contributed by atoms with Gasteiger partial charge in [-0.15, -0.1) is 0 Å². The normalized spacial score (nSPS) is 12.0. The van der Waals surface area contributed by atoms with Crippen molar-refractivity contribution in [1.29, 1.82) is 0 Å². The fraction of sp³-hybridized carbons (Fsp3) is 0.886. The van der Waals surface area contributed by atoms with Crippen LogP contribution in [0.1, 0.15) is 233 Å². The van der Waals surface area contributed by atoms with E-state index in [0.29, 0.717) is 19.3 Å². The first-order valence-corrected chi connectivity index (χ1v) is 21.7. The van der Waals surface area contributed by atoms with E-state index in [0.717, 1.165) is 70.6 Å². The molecule has 0 aromatic carbocycles. The highest BCUT2D eigenvalue weighted by Crippen LogP contribution is 2.15. The molecule has 294 valence electrons. The summed E-state index contributed by atoms with van der Waals surface area (Å²) in [4.78, 5) is 37.5. The van der Waals surface area contributed by atoms with Crippen LogP contribution in [-0.4, -0.2) is 37.2 Å². The van der Waals surface area contributed by atoms with E-state index in [4.69, 9.17) is 14.2 Å². The summed E-state index contributed by atoms with van der Waals surface area (Å²) < 4.78 is 16.6. The maximum absolute atomic E-state index is 12.7. The molecule has 0 radical (unpaired) electrons. The SMILES string of the molecule is CCC/C=C\CCCCCCCC(=O)OCC(COC(=O)CCCCCCCCCCCCC)OC(=O)CCCCCCCCCCCCC. The van der Waals surface area contributed by atoms with Gasteiger partial charge in [0.25, 0.3) is 0 Å². The Kier molecular flexibility index (Phi) is 38.5. The van der Waals surface area contributed by atoms with Crippen molar-refractivity contribution in [2.45, 2.75) is 239 Å². The fourth-order valence-corrected chi connectivity index (χ4v) is 6.21. The standard InChI is InChI=1S/C44H82O6/c1-4-7-10-13-16-19-22-25-28-31-34-37-43(46)49-40-41(39-48-42(45)36-33-30-27-24-21-18-15-12-9-6-3)50-44(47)38-35-32-29-26-23-20-17-14-11-8-5-2/h12,15,41H,4-11,13-14,16-40H2,1-3H3/b15-12-. The van der Waals surface area contributed by atoms with E-state index in [1.807, 2.05) is 0 Å². The van der Waals surface area contributed by atoms with Crippen LogP contribution in [0.4, 0.5) is 0 Å². The molecule has 0 fully saturated rings. The Bertz CT molecular complexity index is 778. The third-order valence-corrected chi connectivity index (χ3v) is 9.50. The molecule has 0 saturated carbocycles. The number of allylic oxidation sites excluding steroid dienone is 2. The third-order valence-electron chi connectivity index (χ3n) is 9.50. The lowest BCUT2D eigenvalue weighted by atomic mass is 10.1. The molecule has 1 atom stereocenters. The molecule has 0 bridgehead atoms. The van der Waals surface area contributed by atoms with Gasteiger partial charge in [-0.3, -0.25) is 14.4 Å². The zero-order chi connectivity index (χ0) is 36.6. The number of ether oxygens (including phenoxy) is 3. The summed E-state index contributed by atoms with van der Waals surface area (Å²) in [5, 5.41) is 0. The molecule has 0 rings (SSSR count). The lowest BCUT2D eigenvalue weighted by molar-refractivity contribution is -0.167. The summed E-state index contributed by atoms with van der Waals surface area (Å²) in [6.07, 6.45) is 40.5. The maximum Gasteiger partial charge on any atom is 0.306 e. The number of esters is 3. The highest BCUT2D eigenvalue weighted by molar-refractivity contribution is 5.71. The van der Waals surface area contributed by atoms with Crippen LogP contribution in [0.25, 0.3) is 0 Å². The van der Waals surface area contributed by atoms with Crippen LogP contribution in [0.5, 0.6) is 0 Å². The van der Waals surface area contributed by atoms with Gasteiger partial charge in [-0.05, 0) is 38.5 Å². The summed E-state index contributed by atoms with van der Waals surface area (Å²) in [7, 11) is 0. The zero-order valence-corrected chi connectivity index (χ0v) is 33.4. The molecule has 1 unspecified atom stereocenters. The van der Waals surface area contributed by atoms with Gasteiger partial charge in [0.15, 0.2) is 6.10 Å². The smallest absolute Gasteiger partial charge is 0.306 e. The van der Waals surface area contributed by atoms with Gasteiger partial charge in [0.2, 0.25) is 0 Å². The van der Waals surface area contributed by atoms with Crippen molar-refractivity contribution >= 4 is 17.9 Å². The Labute approximate surface area is 310 Å². The molecule has 6 heteroatoms. The molecule has 0 spiro atoms. The molecular weight excluding hydrogens is 624 g/mol. The summed E-state index contributed by atoms with van der Waals surface area (Å²) in [5.41, 5.74) is 0. The van der Waals surface area contributed by atoms with Crippen LogP contribution in [-0.2, 0) is 28.6 Å². The average Bonchev–Trinajstić information content (AvgIpc) is 3.11. The topological polar surface area (TPSA) is 78.9 Å². The van der Waals surface area contributed by atoms with E-state index in [2.05, 4.69) is 32.9 Å². The van der Waals surface area contributed by atoms with Crippen LogP contribution in [0, 0.1) is 0 Å². The Morgan fingerprint density at radius 2 is 0.700 bits per heavy atom. The molecule has 0 aliphatic heterocycles. The second-order valence-electron chi connectivity index (χ2n) is 14.6. The number of rotatable bonds is 39. The summed E-state index contributed by atoms with van der Waals surface area (Å²) in [6.45, 7) is 6.55. The predicted octanol–water partition coefficient (Wildman–Crippen LogP) is 13.5. The molecule has 6 nitrogen and oxygen atoms in total. The minimum absolute atomic E-state index is 0.0686. The molecule has 0 amide bonds.